The Bertz CT molecular complexity index is 591. The van der Waals surface area contributed by atoms with Gasteiger partial charge in [-0.15, -0.1) is 0 Å². The Hall–Kier alpha value is -1.59. The van der Waals surface area contributed by atoms with E-state index >= 15 is 0 Å². The van der Waals surface area contributed by atoms with E-state index in [1.54, 1.807) is 0 Å². The van der Waals surface area contributed by atoms with E-state index in [9.17, 15) is 4.79 Å². The van der Waals surface area contributed by atoms with Gasteiger partial charge in [0.1, 0.15) is 0 Å². The molecule has 5 heteroatoms. The highest BCUT2D eigenvalue weighted by Gasteiger charge is 2.33. The van der Waals surface area contributed by atoms with Crippen molar-refractivity contribution >= 4 is 11.6 Å². The summed E-state index contributed by atoms with van der Waals surface area (Å²) in [6.45, 7) is 9.59. The number of amides is 1. The van der Waals surface area contributed by atoms with Crippen LogP contribution in [0.3, 0.4) is 0 Å². The minimum atomic E-state index is -0.0449. The second-order valence-electron chi connectivity index (χ2n) is 7.39. The average Bonchev–Trinajstić information content (AvgIpc) is 2.63. The van der Waals surface area contributed by atoms with Crippen LogP contribution in [-0.4, -0.2) is 56.7 Å². The van der Waals surface area contributed by atoms with E-state index in [4.69, 9.17) is 10.5 Å². The molecular weight excluding hydrogens is 314 g/mol. The van der Waals surface area contributed by atoms with Crippen LogP contribution >= 0.6 is 0 Å². The van der Waals surface area contributed by atoms with Crippen molar-refractivity contribution in [1.82, 2.24) is 4.90 Å². The van der Waals surface area contributed by atoms with Crippen LogP contribution in [-0.2, 0) is 9.53 Å². The molecule has 0 aromatic heterocycles. The van der Waals surface area contributed by atoms with Crippen molar-refractivity contribution < 1.29 is 9.53 Å². The predicted octanol–water partition coefficient (Wildman–Crippen LogP) is 1.95. The molecule has 25 heavy (non-hydrogen) atoms. The second-order valence-corrected chi connectivity index (χ2v) is 7.39. The van der Waals surface area contributed by atoms with Crippen molar-refractivity contribution in [2.24, 2.45) is 17.6 Å². The molecule has 3 rings (SSSR count). The van der Waals surface area contributed by atoms with E-state index in [0.29, 0.717) is 12.5 Å². The number of nitrogens with zero attached hydrogens (tertiary/aromatic N) is 2. The van der Waals surface area contributed by atoms with Crippen LogP contribution in [0, 0.1) is 25.7 Å². The van der Waals surface area contributed by atoms with E-state index in [0.717, 1.165) is 52.2 Å². The molecule has 2 aliphatic rings. The molecule has 1 aromatic carbocycles. The molecule has 5 nitrogen and oxygen atoms in total. The fourth-order valence-electron chi connectivity index (χ4n) is 4.18. The van der Waals surface area contributed by atoms with Crippen LogP contribution in [0.5, 0.6) is 0 Å². The Labute approximate surface area is 151 Å². The first kappa shape index (κ1) is 18.2. The maximum absolute atomic E-state index is 13.0. The Kier molecular flexibility index (Phi) is 5.97. The predicted molar refractivity (Wildman–Crippen MR) is 101 cm³/mol. The number of nitrogens with two attached hydrogens (primary N) is 1. The molecule has 0 radical (unpaired) electrons. The number of benzene rings is 1. The van der Waals surface area contributed by atoms with Crippen molar-refractivity contribution in [3.8, 4) is 0 Å². The lowest BCUT2D eigenvalue weighted by molar-refractivity contribution is -0.138. The van der Waals surface area contributed by atoms with E-state index in [1.807, 2.05) is 4.90 Å². The molecule has 1 unspecified atom stereocenters. The molecule has 0 spiro atoms. The quantitative estimate of drug-likeness (QED) is 0.906. The molecule has 2 saturated heterocycles. The highest BCUT2D eigenvalue weighted by molar-refractivity contribution is 5.79. The lowest BCUT2D eigenvalue weighted by Crippen LogP contribution is -2.52. The molecule has 0 bridgehead atoms. The van der Waals surface area contributed by atoms with E-state index in [1.165, 1.54) is 16.8 Å². The van der Waals surface area contributed by atoms with Crippen LogP contribution in [0.25, 0.3) is 0 Å². The minimum Gasteiger partial charge on any atom is -0.381 e. The summed E-state index contributed by atoms with van der Waals surface area (Å²) in [5.41, 5.74) is 9.85. The maximum atomic E-state index is 13.0. The van der Waals surface area contributed by atoms with Crippen LogP contribution in [0.2, 0.25) is 0 Å². The number of aryl methyl sites for hydroxylation is 2. The summed E-state index contributed by atoms with van der Waals surface area (Å²) in [7, 11) is 0. The van der Waals surface area contributed by atoms with Gasteiger partial charge in [0, 0.05) is 51.6 Å². The SMILES string of the molecule is Cc1ccc(N2CCN(C(=O)C(CN)C3CCOCC3)CC2)c(C)c1. The number of rotatable bonds is 4. The van der Waals surface area contributed by atoms with Gasteiger partial charge in [-0.3, -0.25) is 4.79 Å². The van der Waals surface area contributed by atoms with E-state index in [2.05, 4.69) is 36.9 Å². The summed E-state index contributed by atoms with van der Waals surface area (Å²) in [5.74, 6) is 0.579. The van der Waals surface area contributed by atoms with Gasteiger partial charge in [0.25, 0.3) is 0 Å². The van der Waals surface area contributed by atoms with Crippen molar-refractivity contribution in [3.05, 3.63) is 29.3 Å². The first-order chi connectivity index (χ1) is 12.1. The van der Waals surface area contributed by atoms with Crippen molar-refractivity contribution in [1.29, 1.82) is 0 Å². The number of hydrogen-bond acceptors (Lipinski definition) is 4. The molecule has 2 N–H and O–H groups in total. The fraction of sp³-hybridized carbons (Fsp3) is 0.650. The smallest absolute Gasteiger partial charge is 0.227 e. The molecule has 0 aliphatic carbocycles. The molecular formula is C20H31N3O2. The topological polar surface area (TPSA) is 58.8 Å². The largest absolute Gasteiger partial charge is 0.381 e. The maximum Gasteiger partial charge on any atom is 0.227 e. The van der Waals surface area contributed by atoms with Gasteiger partial charge in [-0.05, 0) is 44.2 Å². The summed E-state index contributed by atoms with van der Waals surface area (Å²) in [4.78, 5) is 17.4. The molecule has 1 aromatic rings. The average molecular weight is 345 g/mol. The Morgan fingerprint density at radius 2 is 1.88 bits per heavy atom. The summed E-state index contributed by atoms with van der Waals surface area (Å²) < 4.78 is 5.43. The third-order valence-electron chi connectivity index (χ3n) is 5.69. The standard InChI is InChI=1S/C20H31N3O2/c1-15-3-4-19(16(2)13-15)22-7-9-23(10-8-22)20(24)18(14-21)17-5-11-25-12-6-17/h3-4,13,17-18H,5-12,14,21H2,1-2H3. The first-order valence-corrected chi connectivity index (χ1v) is 9.49. The van der Waals surface area contributed by atoms with Crippen molar-refractivity contribution in [2.45, 2.75) is 26.7 Å². The van der Waals surface area contributed by atoms with Gasteiger partial charge in [-0.25, -0.2) is 0 Å². The van der Waals surface area contributed by atoms with Gasteiger partial charge in [-0.2, -0.15) is 0 Å². The minimum absolute atomic E-state index is 0.0449. The highest BCUT2D eigenvalue weighted by Crippen LogP contribution is 2.27. The molecule has 1 amide bonds. The van der Waals surface area contributed by atoms with Gasteiger partial charge < -0.3 is 20.3 Å². The van der Waals surface area contributed by atoms with Crippen LogP contribution in [0.1, 0.15) is 24.0 Å². The lowest BCUT2D eigenvalue weighted by Gasteiger charge is -2.39. The van der Waals surface area contributed by atoms with Crippen LogP contribution in [0.15, 0.2) is 18.2 Å². The van der Waals surface area contributed by atoms with Crippen molar-refractivity contribution in [3.63, 3.8) is 0 Å². The van der Waals surface area contributed by atoms with Crippen LogP contribution in [0.4, 0.5) is 5.69 Å². The van der Waals surface area contributed by atoms with E-state index < -0.39 is 0 Å². The second kappa shape index (κ2) is 8.19. The summed E-state index contributed by atoms with van der Waals surface area (Å²) in [6, 6.07) is 6.59. The highest BCUT2D eigenvalue weighted by atomic mass is 16.5. The Morgan fingerprint density at radius 3 is 2.48 bits per heavy atom. The van der Waals surface area contributed by atoms with Gasteiger partial charge in [0.15, 0.2) is 0 Å². The molecule has 2 heterocycles. The normalized spacial score (nSPS) is 20.6. The Morgan fingerprint density at radius 1 is 1.20 bits per heavy atom. The van der Waals surface area contributed by atoms with Gasteiger partial charge in [-0.1, -0.05) is 17.7 Å². The fourth-order valence-corrected chi connectivity index (χ4v) is 4.18. The number of ether oxygens (including phenoxy) is 1. The van der Waals surface area contributed by atoms with E-state index in [-0.39, 0.29) is 11.8 Å². The number of carbonyl (C=O) groups excluding carboxylic acids is 1. The van der Waals surface area contributed by atoms with Gasteiger partial charge in [0.05, 0.1) is 5.92 Å². The molecule has 138 valence electrons. The first-order valence-electron chi connectivity index (χ1n) is 9.49. The monoisotopic (exact) mass is 345 g/mol. The summed E-state index contributed by atoms with van der Waals surface area (Å²) in [5, 5.41) is 0. The third kappa shape index (κ3) is 4.15. The number of anilines is 1. The van der Waals surface area contributed by atoms with Crippen molar-refractivity contribution in [2.75, 3.05) is 50.8 Å². The molecule has 1 atom stereocenters. The zero-order valence-corrected chi connectivity index (χ0v) is 15.5. The zero-order valence-electron chi connectivity index (χ0n) is 15.5. The van der Waals surface area contributed by atoms with Crippen LogP contribution < -0.4 is 10.6 Å². The number of hydrogen-bond donors (Lipinski definition) is 1. The lowest BCUT2D eigenvalue weighted by atomic mass is 9.85. The van der Waals surface area contributed by atoms with Gasteiger partial charge >= 0.3 is 0 Å². The number of piperazine rings is 1. The molecule has 2 aliphatic heterocycles. The zero-order chi connectivity index (χ0) is 17.8. The Balaban J connectivity index is 1.60. The molecule has 2 fully saturated rings. The summed E-state index contributed by atoms with van der Waals surface area (Å²) in [6.07, 6.45) is 1.91. The molecule has 0 saturated carbocycles. The summed E-state index contributed by atoms with van der Waals surface area (Å²) >= 11 is 0. The number of carbonyl (C=O) groups is 1. The third-order valence-corrected chi connectivity index (χ3v) is 5.69. The van der Waals surface area contributed by atoms with Gasteiger partial charge in [0.2, 0.25) is 5.91 Å².